The minimum absolute atomic E-state index is 0.108. The average Bonchev–Trinajstić information content (AvgIpc) is 2.02. The van der Waals surface area contributed by atoms with E-state index in [2.05, 4.69) is 25.5 Å². The Hall–Kier alpha value is -0.870. The molecule has 1 unspecified atom stereocenters. The molecule has 0 aliphatic rings. The fourth-order valence-corrected chi connectivity index (χ4v) is 1.48. The molecule has 1 atom stereocenters. The van der Waals surface area contributed by atoms with Crippen molar-refractivity contribution in [3.8, 4) is 0 Å². The van der Waals surface area contributed by atoms with Crippen LogP contribution in [0.3, 0.4) is 0 Å². The third-order valence-corrected chi connectivity index (χ3v) is 2.37. The van der Waals surface area contributed by atoms with Crippen molar-refractivity contribution in [2.75, 3.05) is 4.72 Å². The lowest BCUT2D eigenvalue weighted by Gasteiger charge is -2.19. The lowest BCUT2D eigenvalue weighted by molar-refractivity contribution is 0.570. The van der Waals surface area contributed by atoms with E-state index in [1.54, 1.807) is 12.1 Å². The summed E-state index contributed by atoms with van der Waals surface area (Å²) < 4.78 is 21.5. The van der Waals surface area contributed by atoms with E-state index < -0.39 is 11.3 Å². The van der Waals surface area contributed by atoms with Crippen LogP contribution >= 0.6 is 0 Å². The summed E-state index contributed by atoms with van der Waals surface area (Å²) >= 11 is -1.99. The SMILES string of the molecule is CC(C)(C)c1ccc(NS(=O)O)cc1. The van der Waals surface area contributed by atoms with Crippen molar-refractivity contribution in [2.45, 2.75) is 26.2 Å². The predicted octanol–water partition coefficient (Wildman–Crippen LogP) is 2.53. The molecular weight excluding hydrogens is 198 g/mol. The zero-order chi connectivity index (χ0) is 10.8. The van der Waals surface area contributed by atoms with Crippen molar-refractivity contribution in [1.29, 1.82) is 0 Å². The van der Waals surface area contributed by atoms with Crippen LogP contribution in [0.2, 0.25) is 0 Å². The van der Waals surface area contributed by atoms with Gasteiger partial charge < -0.3 is 0 Å². The first-order valence-electron chi connectivity index (χ1n) is 4.37. The van der Waals surface area contributed by atoms with Crippen LogP contribution in [0.5, 0.6) is 0 Å². The Balaban J connectivity index is 2.84. The summed E-state index contributed by atoms with van der Waals surface area (Å²) in [7, 11) is 0. The minimum atomic E-state index is -1.99. The molecule has 3 nitrogen and oxygen atoms in total. The quantitative estimate of drug-likeness (QED) is 0.742. The first kappa shape index (κ1) is 11.2. The monoisotopic (exact) mass is 213 g/mol. The Morgan fingerprint density at radius 1 is 1.21 bits per heavy atom. The molecule has 0 bridgehead atoms. The summed E-state index contributed by atoms with van der Waals surface area (Å²) in [4.78, 5) is 0. The molecule has 4 heteroatoms. The number of benzene rings is 1. The highest BCUT2D eigenvalue weighted by molar-refractivity contribution is 7.80. The van der Waals surface area contributed by atoms with Gasteiger partial charge in [-0.05, 0) is 23.1 Å². The molecule has 0 fully saturated rings. The Bertz CT molecular complexity index is 327. The zero-order valence-electron chi connectivity index (χ0n) is 8.57. The summed E-state index contributed by atoms with van der Waals surface area (Å²) in [6.45, 7) is 6.37. The van der Waals surface area contributed by atoms with Crippen molar-refractivity contribution in [3.05, 3.63) is 29.8 Å². The molecule has 0 aromatic heterocycles. The maximum absolute atomic E-state index is 10.5. The van der Waals surface area contributed by atoms with Crippen LogP contribution in [0.4, 0.5) is 5.69 Å². The van der Waals surface area contributed by atoms with Gasteiger partial charge in [-0.25, -0.2) is 4.21 Å². The molecule has 2 N–H and O–H groups in total. The van der Waals surface area contributed by atoms with Crippen LogP contribution in [-0.4, -0.2) is 8.76 Å². The highest BCUT2D eigenvalue weighted by Crippen LogP contribution is 2.23. The first-order valence-corrected chi connectivity index (χ1v) is 5.48. The topological polar surface area (TPSA) is 49.3 Å². The molecule has 14 heavy (non-hydrogen) atoms. The van der Waals surface area contributed by atoms with E-state index in [4.69, 9.17) is 4.55 Å². The second-order valence-corrected chi connectivity index (χ2v) is 4.88. The van der Waals surface area contributed by atoms with E-state index in [0.29, 0.717) is 5.69 Å². The number of nitrogens with one attached hydrogen (secondary N) is 1. The van der Waals surface area contributed by atoms with Crippen LogP contribution < -0.4 is 4.72 Å². The average molecular weight is 213 g/mol. The molecule has 1 aromatic rings. The maximum atomic E-state index is 10.5. The van der Waals surface area contributed by atoms with Gasteiger partial charge in [-0.1, -0.05) is 32.9 Å². The summed E-state index contributed by atoms with van der Waals surface area (Å²) in [6, 6.07) is 7.51. The van der Waals surface area contributed by atoms with Gasteiger partial charge in [0.1, 0.15) is 0 Å². The molecular formula is C10H15NO2S. The molecule has 0 aliphatic carbocycles. The molecule has 0 amide bonds. The normalized spacial score (nSPS) is 13.7. The van der Waals surface area contributed by atoms with Gasteiger partial charge in [-0.15, -0.1) is 0 Å². The standard InChI is InChI=1S/C10H15NO2S/c1-10(2,3)8-4-6-9(7-5-8)11-14(12)13/h4-7,11H,1-3H3,(H,12,13). The van der Waals surface area contributed by atoms with E-state index in [9.17, 15) is 4.21 Å². The maximum Gasteiger partial charge on any atom is 0.259 e. The highest BCUT2D eigenvalue weighted by Gasteiger charge is 2.12. The molecule has 1 rings (SSSR count). The Kier molecular flexibility index (Phi) is 3.29. The fourth-order valence-electron chi connectivity index (χ4n) is 1.14. The van der Waals surface area contributed by atoms with Gasteiger partial charge in [0, 0.05) is 5.69 Å². The van der Waals surface area contributed by atoms with E-state index >= 15 is 0 Å². The van der Waals surface area contributed by atoms with Gasteiger partial charge in [-0.2, -0.15) is 0 Å². The molecule has 78 valence electrons. The third-order valence-electron chi connectivity index (χ3n) is 1.96. The lowest BCUT2D eigenvalue weighted by atomic mass is 9.87. The van der Waals surface area contributed by atoms with E-state index in [1.165, 1.54) is 5.56 Å². The van der Waals surface area contributed by atoms with Crippen molar-refractivity contribution in [1.82, 2.24) is 0 Å². The van der Waals surface area contributed by atoms with Crippen LogP contribution in [-0.2, 0) is 16.7 Å². The smallest absolute Gasteiger partial charge is 0.259 e. The number of hydrogen-bond acceptors (Lipinski definition) is 1. The summed E-state index contributed by atoms with van der Waals surface area (Å²) in [6.07, 6.45) is 0. The van der Waals surface area contributed by atoms with Gasteiger partial charge in [0.2, 0.25) is 0 Å². The molecule has 0 saturated heterocycles. The Morgan fingerprint density at radius 2 is 1.71 bits per heavy atom. The summed E-state index contributed by atoms with van der Waals surface area (Å²) in [5.41, 5.74) is 1.96. The Labute approximate surface area is 87.0 Å². The number of hydrogen-bond donors (Lipinski definition) is 2. The fraction of sp³-hybridized carbons (Fsp3) is 0.400. The third kappa shape index (κ3) is 3.12. The van der Waals surface area contributed by atoms with Crippen LogP contribution in [0.25, 0.3) is 0 Å². The van der Waals surface area contributed by atoms with Crippen molar-refractivity contribution in [3.63, 3.8) is 0 Å². The molecule has 0 radical (unpaired) electrons. The van der Waals surface area contributed by atoms with Crippen molar-refractivity contribution < 1.29 is 8.76 Å². The summed E-state index contributed by atoms with van der Waals surface area (Å²) in [5, 5.41) is 0. The van der Waals surface area contributed by atoms with Crippen molar-refractivity contribution in [2.24, 2.45) is 0 Å². The highest BCUT2D eigenvalue weighted by atomic mass is 32.2. The second-order valence-electron chi connectivity index (χ2n) is 4.18. The van der Waals surface area contributed by atoms with E-state index in [-0.39, 0.29) is 5.41 Å². The van der Waals surface area contributed by atoms with Gasteiger partial charge in [-0.3, -0.25) is 9.27 Å². The molecule has 0 saturated carbocycles. The van der Waals surface area contributed by atoms with Gasteiger partial charge in [0.05, 0.1) is 0 Å². The van der Waals surface area contributed by atoms with Gasteiger partial charge in [0.25, 0.3) is 11.3 Å². The van der Waals surface area contributed by atoms with E-state index in [1.807, 2.05) is 12.1 Å². The predicted molar refractivity (Wildman–Crippen MR) is 59.5 cm³/mol. The Morgan fingerprint density at radius 3 is 2.07 bits per heavy atom. The molecule has 1 aromatic carbocycles. The van der Waals surface area contributed by atoms with E-state index in [0.717, 1.165) is 0 Å². The summed E-state index contributed by atoms with van der Waals surface area (Å²) in [5.74, 6) is 0. The van der Waals surface area contributed by atoms with Crippen LogP contribution in [0.15, 0.2) is 24.3 Å². The molecule has 0 aliphatic heterocycles. The second kappa shape index (κ2) is 4.11. The van der Waals surface area contributed by atoms with Crippen LogP contribution in [0.1, 0.15) is 26.3 Å². The number of rotatable bonds is 2. The van der Waals surface area contributed by atoms with Gasteiger partial charge in [0.15, 0.2) is 0 Å². The van der Waals surface area contributed by atoms with Gasteiger partial charge >= 0.3 is 0 Å². The van der Waals surface area contributed by atoms with Crippen LogP contribution in [0, 0.1) is 0 Å². The lowest BCUT2D eigenvalue weighted by Crippen LogP contribution is -2.11. The first-order chi connectivity index (χ1) is 6.39. The largest absolute Gasteiger partial charge is 0.289 e. The molecule has 0 spiro atoms. The number of anilines is 1. The zero-order valence-corrected chi connectivity index (χ0v) is 9.39. The molecule has 0 heterocycles. The van der Waals surface area contributed by atoms with Crippen molar-refractivity contribution >= 4 is 17.0 Å². The minimum Gasteiger partial charge on any atom is -0.289 e.